The summed E-state index contributed by atoms with van der Waals surface area (Å²) < 4.78 is 7.53. The fraction of sp³-hybridized carbons (Fsp3) is 0.500. The number of hydrogen-bond donors (Lipinski definition) is 1. The Kier molecular flexibility index (Phi) is 4.34. The van der Waals surface area contributed by atoms with Crippen LogP contribution in [0.3, 0.4) is 0 Å². The molecule has 1 saturated heterocycles. The highest BCUT2D eigenvalue weighted by Gasteiger charge is 2.34. The van der Waals surface area contributed by atoms with Crippen LogP contribution in [0.2, 0.25) is 0 Å². The Hall–Kier alpha value is -2.14. The molecule has 5 heteroatoms. The van der Waals surface area contributed by atoms with Gasteiger partial charge in [-0.15, -0.1) is 0 Å². The van der Waals surface area contributed by atoms with E-state index in [1.807, 2.05) is 23.7 Å². The lowest BCUT2D eigenvalue weighted by Crippen LogP contribution is -2.32. The van der Waals surface area contributed by atoms with Crippen LogP contribution in [0.5, 0.6) is 0 Å². The molecule has 1 unspecified atom stereocenters. The summed E-state index contributed by atoms with van der Waals surface area (Å²) in [7, 11) is 0. The van der Waals surface area contributed by atoms with E-state index in [1.165, 1.54) is 5.56 Å². The normalized spacial score (nSPS) is 20.0. The predicted octanol–water partition coefficient (Wildman–Crippen LogP) is 3.28. The number of nitrogens with zero attached hydrogens (tertiary/aromatic N) is 2. The van der Waals surface area contributed by atoms with E-state index in [2.05, 4.69) is 24.4 Å². The van der Waals surface area contributed by atoms with E-state index in [4.69, 9.17) is 9.84 Å². The van der Waals surface area contributed by atoms with Gasteiger partial charge in [0.05, 0.1) is 28.7 Å². The third kappa shape index (κ3) is 3.33. The van der Waals surface area contributed by atoms with E-state index < -0.39 is 0 Å². The van der Waals surface area contributed by atoms with Crippen LogP contribution in [-0.4, -0.2) is 34.9 Å². The topological polar surface area (TPSA) is 56.2 Å². The van der Waals surface area contributed by atoms with Gasteiger partial charge in [-0.1, -0.05) is 12.1 Å². The molecule has 4 rings (SSSR count). The van der Waals surface area contributed by atoms with E-state index in [9.17, 15) is 4.79 Å². The largest absolute Gasteiger partial charge is 0.376 e. The molecule has 25 heavy (non-hydrogen) atoms. The Balaban J connectivity index is 1.62. The van der Waals surface area contributed by atoms with Crippen LogP contribution in [0, 0.1) is 13.8 Å². The fourth-order valence-electron chi connectivity index (χ4n) is 3.56. The third-order valence-corrected chi connectivity index (χ3v) is 5.10. The van der Waals surface area contributed by atoms with Crippen LogP contribution in [0.25, 0.3) is 5.69 Å². The molecule has 1 N–H and O–H groups in total. The summed E-state index contributed by atoms with van der Waals surface area (Å²) in [5, 5.41) is 7.87. The summed E-state index contributed by atoms with van der Waals surface area (Å²) in [6.07, 6.45) is 4.50. The van der Waals surface area contributed by atoms with Crippen molar-refractivity contribution < 1.29 is 9.53 Å². The highest BCUT2D eigenvalue weighted by molar-refractivity contribution is 5.97. The van der Waals surface area contributed by atoms with Crippen molar-refractivity contribution in [3.05, 3.63) is 46.8 Å². The average molecular weight is 339 g/mol. The molecule has 1 aromatic heterocycles. The predicted molar refractivity (Wildman–Crippen MR) is 96.3 cm³/mol. The smallest absolute Gasteiger partial charge is 0.255 e. The number of carbonyl (C=O) groups excluding carboxylic acids is 1. The highest BCUT2D eigenvalue weighted by Crippen LogP contribution is 2.42. The van der Waals surface area contributed by atoms with Crippen molar-refractivity contribution in [3.63, 3.8) is 0 Å². The Morgan fingerprint density at radius 3 is 2.84 bits per heavy atom. The molecule has 0 spiro atoms. The van der Waals surface area contributed by atoms with Gasteiger partial charge in [-0.3, -0.25) is 4.79 Å². The monoisotopic (exact) mass is 339 g/mol. The van der Waals surface area contributed by atoms with Gasteiger partial charge in [-0.05, 0) is 57.2 Å². The first-order valence-electron chi connectivity index (χ1n) is 9.20. The lowest BCUT2D eigenvalue weighted by molar-refractivity contribution is 0.0856. The van der Waals surface area contributed by atoms with Crippen LogP contribution < -0.4 is 5.32 Å². The molecule has 0 bridgehead atoms. The number of ether oxygens (including phenoxy) is 1. The first-order valence-corrected chi connectivity index (χ1v) is 9.20. The zero-order chi connectivity index (χ0) is 17.4. The molecule has 2 fully saturated rings. The number of nitrogens with one attached hydrogen (secondary N) is 1. The summed E-state index contributed by atoms with van der Waals surface area (Å²) in [5.41, 5.74) is 4.81. The minimum absolute atomic E-state index is 0.0196. The number of aromatic nitrogens is 2. The van der Waals surface area contributed by atoms with Gasteiger partial charge in [-0.2, -0.15) is 5.10 Å². The van der Waals surface area contributed by atoms with Gasteiger partial charge in [0.1, 0.15) is 0 Å². The molecule has 1 aliphatic carbocycles. The molecule has 132 valence electrons. The summed E-state index contributed by atoms with van der Waals surface area (Å²) in [4.78, 5) is 12.9. The molecule has 1 saturated carbocycles. The Bertz CT molecular complexity index is 786. The number of benzene rings is 1. The minimum Gasteiger partial charge on any atom is -0.376 e. The summed E-state index contributed by atoms with van der Waals surface area (Å²) >= 11 is 0. The molecule has 1 aromatic carbocycles. The van der Waals surface area contributed by atoms with Crippen LogP contribution in [-0.2, 0) is 4.74 Å². The molecule has 2 aromatic rings. The Labute approximate surface area is 148 Å². The third-order valence-electron chi connectivity index (χ3n) is 5.10. The van der Waals surface area contributed by atoms with Gasteiger partial charge in [-0.25, -0.2) is 4.68 Å². The second kappa shape index (κ2) is 6.64. The van der Waals surface area contributed by atoms with Gasteiger partial charge in [0, 0.05) is 19.1 Å². The van der Waals surface area contributed by atoms with E-state index in [-0.39, 0.29) is 12.0 Å². The van der Waals surface area contributed by atoms with Gasteiger partial charge < -0.3 is 10.1 Å². The van der Waals surface area contributed by atoms with Gasteiger partial charge in [0.15, 0.2) is 0 Å². The summed E-state index contributed by atoms with van der Waals surface area (Å²) in [5.74, 6) is 0.405. The van der Waals surface area contributed by atoms with E-state index in [0.717, 1.165) is 54.9 Å². The average Bonchev–Trinajstić information content (AvgIpc) is 3.19. The van der Waals surface area contributed by atoms with Gasteiger partial charge in [0.2, 0.25) is 0 Å². The molecule has 2 heterocycles. The van der Waals surface area contributed by atoms with E-state index in [0.29, 0.717) is 12.5 Å². The van der Waals surface area contributed by atoms with Crippen molar-refractivity contribution in [2.24, 2.45) is 0 Å². The zero-order valence-electron chi connectivity index (χ0n) is 14.9. The fourth-order valence-corrected chi connectivity index (χ4v) is 3.56. The number of hydrogen-bond acceptors (Lipinski definition) is 3. The van der Waals surface area contributed by atoms with Crippen molar-refractivity contribution in [1.82, 2.24) is 15.1 Å². The van der Waals surface area contributed by atoms with Crippen LogP contribution >= 0.6 is 0 Å². The second-order valence-corrected chi connectivity index (χ2v) is 7.22. The van der Waals surface area contributed by atoms with Crippen LogP contribution in [0.1, 0.15) is 58.9 Å². The number of rotatable bonds is 5. The van der Waals surface area contributed by atoms with Crippen molar-refractivity contribution in [2.45, 2.75) is 51.6 Å². The summed E-state index contributed by atoms with van der Waals surface area (Å²) in [6.45, 7) is 5.44. The van der Waals surface area contributed by atoms with E-state index >= 15 is 0 Å². The molecule has 5 nitrogen and oxygen atoms in total. The lowest BCUT2D eigenvalue weighted by Gasteiger charge is -2.11. The molecule has 1 atom stereocenters. The zero-order valence-corrected chi connectivity index (χ0v) is 14.9. The number of aryl methyl sites for hydroxylation is 1. The first-order chi connectivity index (χ1) is 12.1. The highest BCUT2D eigenvalue weighted by atomic mass is 16.5. The van der Waals surface area contributed by atoms with Crippen LogP contribution in [0.4, 0.5) is 0 Å². The maximum absolute atomic E-state index is 12.9. The first kappa shape index (κ1) is 16.3. The molecular weight excluding hydrogens is 314 g/mol. The summed E-state index contributed by atoms with van der Waals surface area (Å²) in [6, 6.07) is 8.24. The Morgan fingerprint density at radius 1 is 1.32 bits per heavy atom. The lowest BCUT2D eigenvalue weighted by atomic mass is 10.1. The molecule has 2 aliphatic rings. The maximum atomic E-state index is 12.9. The van der Waals surface area contributed by atoms with Crippen molar-refractivity contribution in [2.75, 3.05) is 13.2 Å². The molecule has 1 amide bonds. The van der Waals surface area contributed by atoms with Gasteiger partial charge in [0.25, 0.3) is 5.91 Å². The molecular formula is C20H25N3O2. The SMILES string of the molecule is Cc1cccc(-n2nc(C3CC3)c(C(=O)NCC3CCCO3)c2C)c1. The van der Waals surface area contributed by atoms with E-state index in [1.54, 1.807) is 0 Å². The maximum Gasteiger partial charge on any atom is 0.255 e. The number of amides is 1. The number of carbonyl (C=O) groups is 1. The van der Waals surface area contributed by atoms with Crippen molar-refractivity contribution >= 4 is 5.91 Å². The molecule has 1 aliphatic heterocycles. The minimum atomic E-state index is -0.0196. The van der Waals surface area contributed by atoms with Crippen molar-refractivity contribution in [3.8, 4) is 5.69 Å². The van der Waals surface area contributed by atoms with Crippen molar-refractivity contribution in [1.29, 1.82) is 0 Å². The Morgan fingerprint density at radius 2 is 2.16 bits per heavy atom. The van der Waals surface area contributed by atoms with Gasteiger partial charge >= 0.3 is 0 Å². The standard InChI is InChI=1S/C20H25N3O2/c1-13-5-3-6-16(11-13)23-14(2)18(19(22-23)15-8-9-15)20(24)21-12-17-7-4-10-25-17/h3,5-6,11,15,17H,4,7-10,12H2,1-2H3,(H,21,24). The second-order valence-electron chi connectivity index (χ2n) is 7.22. The molecule has 0 radical (unpaired) electrons. The quantitative estimate of drug-likeness (QED) is 0.909. The van der Waals surface area contributed by atoms with Crippen LogP contribution in [0.15, 0.2) is 24.3 Å².